The summed E-state index contributed by atoms with van der Waals surface area (Å²) in [5.41, 5.74) is 2.47. The third-order valence-electron chi connectivity index (χ3n) is 3.88. The number of fused-ring (bicyclic) bond motifs is 1. The van der Waals surface area contributed by atoms with E-state index in [2.05, 4.69) is 34.4 Å². The summed E-state index contributed by atoms with van der Waals surface area (Å²) in [5, 5.41) is 7.98. The van der Waals surface area contributed by atoms with Gasteiger partial charge in [0.2, 0.25) is 0 Å². The molecule has 1 atom stereocenters. The van der Waals surface area contributed by atoms with Gasteiger partial charge in [-0.05, 0) is 45.0 Å². The molecule has 1 aliphatic rings. The van der Waals surface area contributed by atoms with Crippen molar-refractivity contribution in [2.75, 3.05) is 19.6 Å². The number of pyridine rings is 1. The van der Waals surface area contributed by atoms with Gasteiger partial charge in [-0.15, -0.1) is 0 Å². The standard InChI is InChI=1S/C15H22N4/c1-13(12-18-7-4-5-8-18)16-10-14-11-17-19-9-3-2-6-15(14)19/h2-3,6,9,11,13,16H,4-5,7-8,10,12H2,1H3. The Kier molecular flexibility index (Phi) is 3.80. The highest BCUT2D eigenvalue weighted by Crippen LogP contribution is 2.11. The quantitative estimate of drug-likeness (QED) is 0.889. The smallest absolute Gasteiger partial charge is 0.0706 e. The van der Waals surface area contributed by atoms with E-state index in [1.807, 2.05) is 23.0 Å². The number of nitrogens with zero attached hydrogens (tertiary/aromatic N) is 3. The van der Waals surface area contributed by atoms with Crippen LogP contribution in [0.4, 0.5) is 0 Å². The third-order valence-corrected chi connectivity index (χ3v) is 3.88. The molecule has 1 saturated heterocycles. The van der Waals surface area contributed by atoms with Crippen LogP contribution in [0.1, 0.15) is 25.3 Å². The molecular formula is C15H22N4. The average Bonchev–Trinajstić information content (AvgIpc) is 3.05. The van der Waals surface area contributed by atoms with E-state index in [9.17, 15) is 0 Å². The van der Waals surface area contributed by atoms with E-state index >= 15 is 0 Å². The van der Waals surface area contributed by atoms with Crippen molar-refractivity contribution in [2.24, 2.45) is 0 Å². The first-order valence-electron chi connectivity index (χ1n) is 7.20. The van der Waals surface area contributed by atoms with Gasteiger partial charge in [-0.3, -0.25) is 0 Å². The minimum Gasteiger partial charge on any atom is -0.309 e. The van der Waals surface area contributed by atoms with Gasteiger partial charge >= 0.3 is 0 Å². The molecule has 4 nitrogen and oxygen atoms in total. The first-order chi connectivity index (χ1) is 9.33. The molecule has 0 aromatic carbocycles. The molecule has 0 amide bonds. The zero-order chi connectivity index (χ0) is 13.1. The van der Waals surface area contributed by atoms with Crippen molar-refractivity contribution in [3.05, 3.63) is 36.2 Å². The van der Waals surface area contributed by atoms with Crippen LogP contribution >= 0.6 is 0 Å². The summed E-state index contributed by atoms with van der Waals surface area (Å²) in [5.74, 6) is 0. The summed E-state index contributed by atoms with van der Waals surface area (Å²) in [7, 11) is 0. The van der Waals surface area contributed by atoms with Gasteiger partial charge in [-0.2, -0.15) is 5.10 Å². The summed E-state index contributed by atoms with van der Waals surface area (Å²) in [4.78, 5) is 2.55. The lowest BCUT2D eigenvalue weighted by Crippen LogP contribution is -2.37. The Labute approximate surface area is 114 Å². The lowest BCUT2D eigenvalue weighted by molar-refractivity contribution is 0.298. The molecule has 0 bridgehead atoms. The normalized spacial score (nSPS) is 18.2. The fourth-order valence-corrected chi connectivity index (χ4v) is 2.82. The maximum Gasteiger partial charge on any atom is 0.0706 e. The molecule has 102 valence electrons. The molecule has 2 aromatic heterocycles. The second-order valence-electron chi connectivity index (χ2n) is 5.49. The molecule has 0 radical (unpaired) electrons. The molecule has 0 spiro atoms. The largest absolute Gasteiger partial charge is 0.309 e. The van der Waals surface area contributed by atoms with Gasteiger partial charge in [0.25, 0.3) is 0 Å². The molecular weight excluding hydrogens is 236 g/mol. The molecule has 0 saturated carbocycles. The maximum absolute atomic E-state index is 4.37. The van der Waals surface area contributed by atoms with Gasteiger partial charge < -0.3 is 10.2 Å². The number of rotatable bonds is 5. The number of hydrogen-bond acceptors (Lipinski definition) is 3. The second kappa shape index (κ2) is 5.72. The van der Waals surface area contributed by atoms with Gasteiger partial charge in [0.1, 0.15) is 0 Å². The molecule has 19 heavy (non-hydrogen) atoms. The number of aromatic nitrogens is 2. The van der Waals surface area contributed by atoms with Crippen molar-refractivity contribution in [3.8, 4) is 0 Å². The number of likely N-dealkylation sites (tertiary alicyclic amines) is 1. The lowest BCUT2D eigenvalue weighted by atomic mass is 10.2. The number of hydrogen-bond donors (Lipinski definition) is 1. The zero-order valence-corrected chi connectivity index (χ0v) is 11.5. The van der Waals surface area contributed by atoms with Crippen LogP contribution in [0, 0.1) is 0 Å². The summed E-state index contributed by atoms with van der Waals surface area (Å²) in [6.07, 6.45) is 6.68. The Hall–Kier alpha value is -1.39. The van der Waals surface area contributed by atoms with Crippen LogP contribution in [-0.2, 0) is 6.54 Å². The Morgan fingerprint density at radius 1 is 1.32 bits per heavy atom. The Bertz CT molecular complexity index is 528. The highest BCUT2D eigenvalue weighted by Gasteiger charge is 2.14. The highest BCUT2D eigenvalue weighted by molar-refractivity contribution is 5.53. The van der Waals surface area contributed by atoms with Crippen LogP contribution < -0.4 is 5.32 Å². The molecule has 1 unspecified atom stereocenters. The van der Waals surface area contributed by atoms with Crippen molar-refractivity contribution in [3.63, 3.8) is 0 Å². The average molecular weight is 258 g/mol. The van der Waals surface area contributed by atoms with Crippen molar-refractivity contribution in [1.29, 1.82) is 0 Å². The topological polar surface area (TPSA) is 32.6 Å². The Morgan fingerprint density at radius 2 is 2.16 bits per heavy atom. The number of nitrogens with one attached hydrogen (secondary N) is 1. The van der Waals surface area contributed by atoms with Gasteiger partial charge in [-0.1, -0.05) is 6.07 Å². The van der Waals surface area contributed by atoms with E-state index in [0.717, 1.165) is 13.1 Å². The van der Waals surface area contributed by atoms with E-state index in [1.165, 1.54) is 37.0 Å². The Balaban J connectivity index is 1.56. The molecule has 3 heterocycles. The van der Waals surface area contributed by atoms with Crippen molar-refractivity contribution in [2.45, 2.75) is 32.4 Å². The predicted molar refractivity (Wildman–Crippen MR) is 77.2 cm³/mol. The molecule has 1 fully saturated rings. The minimum atomic E-state index is 0.525. The van der Waals surface area contributed by atoms with Gasteiger partial charge in [-0.25, -0.2) is 4.52 Å². The molecule has 3 rings (SSSR count). The molecule has 1 N–H and O–H groups in total. The maximum atomic E-state index is 4.37. The van der Waals surface area contributed by atoms with Crippen molar-refractivity contribution >= 4 is 5.52 Å². The van der Waals surface area contributed by atoms with E-state index in [4.69, 9.17) is 0 Å². The molecule has 4 heteroatoms. The van der Waals surface area contributed by atoms with E-state index < -0.39 is 0 Å². The van der Waals surface area contributed by atoms with Crippen molar-refractivity contribution in [1.82, 2.24) is 19.8 Å². The predicted octanol–water partition coefficient (Wildman–Crippen LogP) is 1.91. The van der Waals surface area contributed by atoms with Crippen LogP contribution in [0.15, 0.2) is 30.6 Å². The van der Waals surface area contributed by atoms with Crippen LogP contribution in [-0.4, -0.2) is 40.2 Å². The van der Waals surface area contributed by atoms with Crippen LogP contribution in [0.25, 0.3) is 5.52 Å². The molecule has 0 aliphatic carbocycles. The van der Waals surface area contributed by atoms with Gasteiger partial charge in [0.15, 0.2) is 0 Å². The SMILES string of the molecule is CC(CN1CCCC1)NCc1cnn2ccccc12. The third kappa shape index (κ3) is 2.96. The molecule has 2 aromatic rings. The van der Waals surface area contributed by atoms with Crippen LogP contribution in [0.3, 0.4) is 0 Å². The highest BCUT2D eigenvalue weighted by atomic mass is 15.2. The summed E-state index contributed by atoms with van der Waals surface area (Å²) >= 11 is 0. The minimum absolute atomic E-state index is 0.525. The zero-order valence-electron chi connectivity index (χ0n) is 11.5. The first kappa shape index (κ1) is 12.6. The lowest BCUT2D eigenvalue weighted by Gasteiger charge is -2.21. The second-order valence-corrected chi connectivity index (χ2v) is 5.49. The van der Waals surface area contributed by atoms with E-state index in [1.54, 1.807) is 0 Å². The van der Waals surface area contributed by atoms with Gasteiger partial charge in [0.05, 0.1) is 11.7 Å². The summed E-state index contributed by atoms with van der Waals surface area (Å²) < 4.78 is 1.93. The molecule has 1 aliphatic heterocycles. The van der Waals surface area contributed by atoms with Crippen molar-refractivity contribution < 1.29 is 0 Å². The van der Waals surface area contributed by atoms with Gasteiger partial charge in [0, 0.05) is 30.9 Å². The van der Waals surface area contributed by atoms with E-state index in [0.29, 0.717) is 6.04 Å². The summed E-state index contributed by atoms with van der Waals surface area (Å²) in [6.45, 7) is 6.84. The van der Waals surface area contributed by atoms with E-state index in [-0.39, 0.29) is 0 Å². The monoisotopic (exact) mass is 258 g/mol. The fraction of sp³-hybridized carbons (Fsp3) is 0.533. The van der Waals surface area contributed by atoms with Crippen LogP contribution in [0.5, 0.6) is 0 Å². The fourth-order valence-electron chi connectivity index (χ4n) is 2.82. The first-order valence-corrected chi connectivity index (χ1v) is 7.20. The Morgan fingerprint density at radius 3 is 3.00 bits per heavy atom. The van der Waals surface area contributed by atoms with Crippen LogP contribution in [0.2, 0.25) is 0 Å². The summed E-state index contributed by atoms with van der Waals surface area (Å²) in [6, 6.07) is 6.72.